The molecule has 0 aliphatic heterocycles. The van der Waals surface area contributed by atoms with E-state index in [1.807, 2.05) is 74.6 Å². The molecule has 0 aliphatic carbocycles. The molecule has 239 valence electrons. The molecule has 7 heteroatoms. The Kier molecular flexibility index (Phi) is 8.96. The van der Waals surface area contributed by atoms with Crippen LogP contribution in [0, 0.1) is 24.8 Å². The number of hydrogen-bond acceptors (Lipinski definition) is 4. The van der Waals surface area contributed by atoms with Crippen molar-refractivity contribution in [3.8, 4) is 33.6 Å². The van der Waals surface area contributed by atoms with Crippen molar-refractivity contribution >= 4 is 39.7 Å². The van der Waals surface area contributed by atoms with Gasteiger partial charge in [-0.2, -0.15) is 0 Å². The summed E-state index contributed by atoms with van der Waals surface area (Å²) in [5.41, 5.74) is 5.61. The van der Waals surface area contributed by atoms with Crippen LogP contribution in [0.5, 0.6) is 0 Å². The first kappa shape index (κ1) is 29.2. The number of furan rings is 1. The summed E-state index contributed by atoms with van der Waals surface area (Å²) in [6.07, 6.45) is 3.49. The van der Waals surface area contributed by atoms with Crippen molar-refractivity contribution in [3.63, 3.8) is 0 Å². The van der Waals surface area contributed by atoms with E-state index in [-0.39, 0.29) is 31.5 Å². The van der Waals surface area contributed by atoms with Gasteiger partial charge in [-0.1, -0.05) is 41.3 Å². The zero-order chi connectivity index (χ0) is 35.8. The average Bonchev–Trinajstić information content (AvgIpc) is 3.46. The fraction of sp³-hybridized carbons (Fsp3) is 0.175. The van der Waals surface area contributed by atoms with Crippen molar-refractivity contribution in [2.24, 2.45) is 0 Å². The van der Waals surface area contributed by atoms with Gasteiger partial charge in [0.05, 0.1) is 5.58 Å². The van der Waals surface area contributed by atoms with Gasteiger partial charge >= 0.3 is 120 Å². The maximum Gasteiger partial charge on any atom is 0.216 e. The predicted octanol–water partition coefficient (Wildman–Crippen LogP) is 10.2. The summed E-state index contributed by atoms with van der Waals surface area (Å²) < 4.78 is 53.1. The summed E-state index contributed by atoms with van der Waals surface area (Å²) in [4.78, 5) is 13.2. The summed E-state index contributed by atoms with van der Waals surface area (Å²) >= 11 is -2.03. The third-order valence-corrected chi connectivity index (χ3v) is 12.0. The molecule has 7 rings (SSSR count). The molecule has 0 bridgehead atoms. The summed E-state index contributed by atoms with van der Waals surface area (Å²) in [5.74, 6) is 6.04. The number of fused-ring (bicyclic) bond motifs is 3. The molecule has 0 aliphatic rings. The van der Waals surface area contributed by atoms with Crippen LogP contribution in [0.25, 0.3) is 55.7 Å². The second-order valence-electron chi connectivity index (χ2n) is 12.3. The van der Waals surface area contributed by atoms with Crippen LogP contribution in [0.2, 0.25) is 17.3 Å². The van der Waals surface area contributed by atoms with Gasteiger partial charge < -0.3 is 9.40 Å². The number of aryl methyl sites for hydroxylation is 1. The van der Waals surface area contributed by atoms with Crippen molar-refractivity contribution in [2.45, 2.75) is 43.9 Å². The molecule has 0 spiro atoms. The van der Waals surface area contributed by atoms with Crippen molar-refractivity contribution in [2.75, 3.05) is 0 Å². The van der Waals surface area contributed by atoms with Crippen LogP contribution >= 0.6 is 0 Å². The molecule has 0 saturated carbocycles. The van der Waals surface area contributed by atoms with Crippen LogP contribution < -0.4 is 4.40 Å². The summed E-state index contributed by atoms with van der Waals surface area (Å²) in [7, 11) is 0. The Balaban J connectivity index is 0.000000211. The molecular weight excluding hydrogens is 822 g/mol. The van der Waals surface area contributed by atoms with Crippen LogP contribution in [0.1, 0.15) is 36.5 Å². The van der Waals surface area contributed by atoms with Crippen molar-refractivity contribution in [1.29, 1.82) is 0 Å². The molecule has 4 aromatic heterocycles. The molecular formula is C40H36FGeIrN3O-2. The first-order valence-electron chi connectivity index (χ1n) is 17.0. The van der Waals surface area contributed by atoms with Crippen LogP contribution in [0.4, 0.5) is 4.39 Å². The Labute approximate surface area is 297 Å². The quantitative estimate of drug-likeness (QED) is 0.128. The van der Waals surface area contributed by atoms with Gasteiger partial charge in [0.25, 0.3) is 0 Å². The third kappa shape index (κ3) is 7.46. The van der Waals surface area contributed by atoms with E-state index in [1.54, 1.807) is 18.2 Å². The molecule has 0 unspecified atom stereocenters. The van der Waals surface area contributed by atoms with Gasteiger partial charge in [-0.05, 0) is 36.3 Å². The van der Waals surface area contributed by atoms with Crippen molar-refractivity contribution in [3.05, 3.63) is 133 Å². The maximum atomic E-state index is 14.9. The average molecular weight is 863 g/mol. The maximum absolute atomic E-state index is 14.9. The monoisotopic (exact) mass is 864 g/mol. The Bertz CT molecular complexity index is 2300. The Morgan fingerprint density at radius 1 is 0.851 bits per heavy atom. The minimum atomic E-state index is -2.33. The molecule has 0 amide bonds. The van der Waals surface area contributed by atoms with E-state index in [4.69, 9.17) is 9.90 Å². The second kappa shape index (κ2) is 14.4. The molecule has 7 aromatic rings. The smallest absolute Gasteiger partial charge is 0.216 e. The zero-order valence-corrected chi connectivity index (χ0v) is 31.3. The minimum Gasteiger partial charge on any atom is -0.486 e. The van der Waals surface area contributed by atoms with Crippen molar-refractivity contribution in [1.82, 2.24) is 15.0 Å². The van der Waals surface area contributed by atoms with Gasteiger partial charge in [-0.25, -0.2) is 9.37 Å². The van der Waals surface area contributed by atoms with Gasteiger partial charge in [0.2, 0.25) is 5.71 Å². The zero-order valence-electron chi connectivity index (χ0n) is 30.8. The summed E-state index contributed by atoms with van der Waals surface area (Å²) in [6, 6.07) is 33.4. The number of rotatable bonds is 5. The van der Waals surface area contributed by atoms with Crippen LogP contribution in [-0.2, 0) is 20.1 Å². The van der Waals surface area contributed by atoms with Crippen LogP contribution in [-0.4, -0.2) is 28.2 Å². The Morgan fingerprint density at radius 3 is 2.30 bits per heavy atom. The topological polar surface area (TPSA) is 51.8 Å². The molecule has 1 radical (unpaired) electrons. The predicted molar refractivity (Wildman–Crippen MR) is 189 cm³/mol. The SMILES string of the molecule is [2H]C(C)(C)c1cc(-c2[c-]cccc2)nc[c]1[Ge]([CH3])([CH3])[CH3].[2H]C([2H])([2H])c1ccc2c(n1)oc1c(-c3cc(F)c(-c4ccccc4)cn3)[c-]ccc12.[Ir]. The molecule has 4 heterocycles. The third-order valence-electron chi connectivity index (χ3n) is 7.73. The first-order chi connectivity index (χ1) is 23.6. The molecule has 3 aromatic carbocycles. The number of benzene rings is 3. The van der Waals surface area contributed by atoms with Gasteiger partial charge in [-0.15, -0.1) is 18.2 Å². The molecule has 0 N–H and O–H groups in total. The van der Waals surface area contributed by atoms with Gasteiger partial charge in [0.15, 0.2) is 0 Å². The van der Waals surface area contributed by atoms with Crippen LogP contribution in [0.3, 0.4) is 0 Å². The number of aromatic nitrogens is 3. The summed E-state index contributed by atoms with van der Waals surface area (Å²) in [5, 5.41) is 1.41. The molecule has 4 nitrogen and oxygen atoms in total. The van der Waals surface area contributed by atoms with Crippen LogP contribution in [0.15, 0.2) is 108 Å². The van der Waals surface area contributed by atoms with E-state index in [2.05, 4.69) is 50.4 Å². The van der Waals surface area contributed by atoms with E-state index >= 15 is 0 Å². The molecule has 0 saturated heterocycles. The second-order valence-corrected chi connectivity index (χ2v) is 22.9. The number of halogens is 1. The van der Waals surface area contributed by atoms with E-state index in [9.17, 15) is 4.39 Å². The number of pyridine rings is 3. The van der Waals surface area contributed by atoms with Gasteiger partial charge in [0.1, 0.15) is 5.82 Å². The minimum absolute atomic E-state index is 0. The van der Waals surface area contributed by atoms with E-state index < -0.39 is 31.8 Å². The largest absolute Gasteiger partial charge is 0.486 e. The fourth-order valence-electron chi connectivity index (χ4n) is 5.38. The Hall–Kier alpha value is -3.97. The number of hydrogen-bond donors (Lipinski definition) is 0. The first-order valence-corrected chi connectivity index (χ1v) is 22.4. The fourth-order valence-corrected chi connectivity index (χ4v) is 8.70. The standard InChI is InChI=1S/C23H14FN2O.C17H22GeN.Ir/c1-14-10-11-17-16-8-5-9-18(22(16)27-23(17)26-14)21-12-20(24)19(13-25-21)15-6-3-2-4-7-15;1-13(2)15-11-17(14-9-7-6-8-10-14)19-12-16(15)18(3,4)5;/h2-8,10-13H,1H3;6-9,11-13H,1-5H3;/q2*-1;/i1D3;13D;. The van der Waals surface area contributed by atoms with Crippen molar-refractivity contribution < 1.29 is 34.4 Å². The summed E-state index contributed by atoms with van der Waals surface area (Å²) in [6.45, 7) is 1.58. The number of nitrogens with zero attached hydrogens (tertiary/aromatic N) is 3. The molecule has 0 atom stereocenters. The van der Waals surface area contributed by atoms with E-state index in [0.717, 1.165) is 27.8 Å². The molecule has 47 heavy (non-hydrogen) atoms. The van der Waals surface area contributed by atoms with E-state index in [1.165, 1.54) is 22.7 Å². The van der Waals surface area contributed by atoms with Gasteiger partial charge in [0, 0.05) is 47.1 Å². The van der Waals surface area contributed by atoms with E-state index in [0.29, 0.717) is 27.8 Å². The molecule has 0 fully saturated rings. The van der Waals surface area contributed by atoms with Gasteiger partial charge in [-0.3, -0.25) is 0 Å². The Morgan fingerprint density at radius 2 is 1.62 bits per heavy atom. The normalized spacial score (nSPS) is 13.1.